The monoisotopic (exact) mass is 302 g/mol. The lowest BCUT2D eigenvalue weighted by Gasteiger charge is -2.34. The van der Waals surface area contributed by atoms with Gasteiger partial charge < -0.3 is 10.2 Å². The molecule has 1 aromatic carbocycles. The Morgan fingerprint density at radius 2 is 2.24 bits per heavy atom. The van der Waals surface area contributed by atoms with Crippen LogP contribution in [0.3, 0.4) is 0 Å². The molecule has 6 heteroatoms. The van der Waals surface area contributed by atoms with Crippen LogP contribution < -0.4 is 5.32 Å². The summed E-state index contributed by atoms with van der Waals surface area (Å²) in [5.41, 5.74) is 2.98. The molecule has 3 heterocycles. The molecule has 0 aliphatic carbocycles. The van der Waals surface area contributed by atoms with E-state index in [-0.39, 0.29) is 18.1 Å². The van der Waals surface area contributed by atoms with Gasteiger partial charge in [-0.25, -0.2) is 4.79 Å². The van der Waals surface area contributed by atoms with Gasteiger partial charge in [-0.2, -0.15) is 5.10 Å². The molecule has 2 aromatic rings. The summed E-state index contributed by atoms with van der Waals surface area (Å²) in [6, 6.07) is 7.58. The highest BCUT2D eigenvalue weighted by molar-refractivity contribution is 6.33. The van der Waals surface area contributed by atoms with Gasteiger partial charge in [0.2, 0.25) is 0 Å². The lowest BCUT2D eigenvalue weighted by Crippen LogP contribution is -2.44. The topological polar surface area (TPSA) is 61.0 Å². The molecule has 2 N–H and O–H groups in total. The van der Waals surface area contributed by atoms with Crippen molar-refractivity contribution in [3.05, 3.63) is 46.7 Å². The minimum atomic E-state index is -0.0811. The highest BCUT2D eigenvalue weighted by Crippen LogP contribution is 2.43. The third-order valence-corrected chi connectivity index (χ3v) is 4.73. The number of urea groups is 1. The number of hydrogen-bond acceptors (Lipinski definition) is 2. The zero-order valence-corrected chi connectivity index (χ0v) is 12.1. The fraction of sp³-hybridized carbons (Fsp3) is 0.333. The first-order chi connectivity index (χ1) is 10.2. The number of nitrogens with zero attached hydrogens (tertiary/aromatic N) is 2. The Bertz CT molecular complexity index is 698. The molecule has 1 aromatic heterocycles. The molecule has 0 radical (unpaired) electrons. The molecule has 1 saturated heterocycles. The van der Waals surface area contributed by atoms with E-state index in [1.165, 1.54) is 5.69 Å². The molecule has 2 aliphatic rings. The van der Waals surface area contributed by atoms with Gasteiger partial charge in [-0.15, -0.1) is 0 Å². The number of halogens is 1. The van der Waals surface area contributed by atoms with Gasteiger partial charge in [0.1, 0.15) is 0 Å². The third kappa shape index (κ3) is 2.00. The fourth-order valence-corrected chi connectivity index (χ4v) is 3.63. The van der Waals surface area contributed by atoms with E-state index >= 15 is 0 Å². The number of aromatic amines is 1. The third-order valence-electron chi connectivity index (χ3n) is 4.40. The van der Waals surface area contributed by atoms with Gasteiger partial charge in [0, 0.05) is 23.7 Å². The number of carbonyl (C=O) groups is 1. The average Bonchev–Trinajstić information content (AvgIpc) is 3.06. The highest BCUT2D eigenvalue weighted by Gasteiger charge is 2.43. The molecule has 2 aliphatic heterocycles. The van der Waals surface area contributed by atoms with Gasteiger partial charge in [0.15, 0.2) is 0 Å². The number of nitrogens with one attached hydrogen (secondary N) is 2. The molecule has 2 amide bonds. The van der Waals surface area contributed by atoms with Gasteiger partial charge in [0.25, 0.3) is 0 Å². The zero-order chi connectivity index (χ0) is 14.4. The molecule has 0 saturated carbocycles. The standard InChI is InChI=1S/C15H15ClN4O/c16-11-3-1-2-4-12(11)18-15(21)20-9-5-6-14(20)10-8-17-19-13(10)7-9/h1-4,8-9,14H,5-7H2,(H,17,19)(H,18,21). The van der Waals surface area contributed by atoms with E-state index in [4.69, 9.17) is 11.6 Å². The first kappa shape index (κ1) is 12.7. The van der Waals surface area contributed by atoms with Gasteiger partial charge in [-0.3, -0.25) is 5.10 Å². The number of carbonyl (C=O) groups excluding carboxylic acids is 1. The van der Waals surface area contributed by atoms with Crippen LogP contribution in [0.15, 0.2) is 30.5 Å². The van der Waals surface area contributed by atoms with E-state index in [0.717, 1.165) is 24.8 Å². The van der Waals surface area contributed by atoms with Crippen molar-refractivity contribution in [1.82, 2.24) is 15.1 Å². The van der Waals surface area contributed by atoms with Crippen LogP contribution in [0.2, 0.25) is 5.02 Å². The molecule has 21 heavy (non-hydrogen) atoms. The Hall–Kier alpha value is -2.01. The Morgan fingerprint density at radius 1 is 1.38 bits per heavy atom. The first-order valence-corrected chi connectivity index (χ1v) is 7.48. The Morgan fingerprint density at radius 3 is 3.10 bits per heavy atom. The Kier molecular flexibility index (Phi) is 2.89. The van der Waals surface area contributed by atoms with Crippen molar-refractivity contribution < 1.29 is 4.79 Å². The second kappa shape index (κ2) is 4.77. The van der Waals surface area contributed by atoms with E-state index in [2.05, 4.69) is 15.5 Å². The van der Waals surface area contributed by atoms with Crippen molar-refractivity contribution >= 4 is 23.3 Å². The largest absolute Gasteiger partial charge is 0.322 e. The van der Waals surface area contributed by atoms with Crippen molar-refractivity contribution in [2.45, 2.75) is 31.3 Å². The molecule has 2 unspecified atom stereocenters. The quantitative estimate of drug-likeness (QED) is 0.848. The molecule has 0 spiro atoms. The van der Waals surface area contributed by atoms with E-state index in [0.29, 0.717) is 10.7 Å². The maximum atomic E-state index is 12.6. The predicted molar refractivity (Wildman–Crippen MR) is 80.4 cm³/mol. The van der Waals surface area contributed by atoms with E-state index < -0.39 is 0 Å². The molecule has 5 nitrogen and oxygen atoms in total. The number of aromatic nitrogens is 2. The Balaban J connectivity index is 1.60. The number of H-pyrrole nitrogens is 1. The number of para-hydroxylation sites is 1. The summed E-state index contributed by atoms with van der Waals surface area (Å²) in [4.78, 5) is 14.6. The Labute approximate surface area is 127 Å². The molecule has 2 atom stereocenters. The molecule has 108 valence electrons. The zero-order valence-electron chi connectivity index (χ0n) is 11.3. The second-order valence-corrected chi connectivity index (χ2v) is 5.98. The lowest BCUT2D eigenvalue weighted by molar-refractivity contribution is 0.179. The van der Waals surface area contributed by atoms with Gasteiger partial charge in [-0.1, -0.05) is 23.7 Å². The molecule has 1 fully saturated rings. The van der Waals surface area contributed by atoms with Gasteiger partial charge >= 0.3 is 6.03 Å². The van der Waals surface area contributed by atoms with Crippen LogP contribution in [-0.2, 0) is 6.42 Å². The van der Waals surface area contributed by atoms with Gasteiger partial charge in [-0.05, 0) is 25.0 Å². The highest BCUT2D eigenvalue weighted by atomic mass is 35.5. The van der Waals surface area contributed by atoms with Crippen molar-refractivity contribution in [2.24, 2.45) is 0 Å². The van der Waals surface area contributed by atoms with Crippen LogP contribution in [0.4, 0.5) is 10.5 Å². The molecular weight excluding hydrogens is 288 g/mol. The van der Waals surface area contributed by atoms with Crippen molar-refractivity contribution in [2.75, 3.05) is 5.32 Å². The smallest absolute Gasteiger partial charge is 0.314 e. The minimum absolute atomic E-state index is 0.0811. The van der Waals surface area contributed by atoms with Crippen LogP contribution in [0.25, 0.3) is 0 Å². The van der Waals surface area contributed by atoms with E-state index in [1.807, 2.05) is 29.3 Å². The number of benzene rings is 1. The summed E-state index contributed by atoms with van der Waals surface area (Å²) >= 11 is 6.11. The number of fused-ring (bicyclic) bond motifs is 4. The maximum absolute atomic E-state index is 12.6. The SMILES string of the molecule is O=C(Nc1ccccc1Cl)N1C2CCC1c1cn[nH]c1C2. The maximum Gasteiger partial charge on any atom is 0.322 e. The average molecular weight is 303 g/mol. The number of rotatable bonds is 1. The number of amides is 2. The number of anilines is 1. The lowest BCUT2D eigenvalue weighted by atomic mass is 10.0. The minimum Gasteiger partial charge on any atom is -0.314 e. The van der Waals surface area contributed by atoms with Gasteiger partial charge in [0.05, 0.1) is 22.9 Å². The summed E-state index contributed by atoms with van der Waals surface area (Å²) in [6.45, 7) is 0. The number of hydrogen-bond donors (Lipinski definition) is 2. The van der Waals surface area contributed by atoms with Crippen LogP contribution in [0, 0.1) is 0 Å². The normalized spacial score (nSPS) is 23.0. The van der Waals surface area contributed by atoms with E-state index in [1.54, 1.807) is 6.07 Å². The van der Waals surface area contributed by atoms with Crippen molar-refractivity contribution in [3.63, 3.8) is 0 Å². The summed E-state index contributed by atoms with van der Waals surface area (Å²) in [7, 11) is 0. The first-order valence-electron chi connectivity index (χ1n) is 7.10. The van der Waals surface area contributed by atoms with E-state index in [9.17, 15) is 4.79 Å². The second-order valence-electron chi connectivity index (χ2n) is 5.57. The predicted octanol–water partition coefficient (Wildman–Crippen LogP) is 3.36. The van der Waals surface area contributed by atoms with Crippen LogP contribution in [0.5, 0.6) is 0 Å². The molecule has 4 rings (SSSR count). The summed E-state index contributed by atoms with van der Waals surface area (Å²) in [5.74, 6) is 0. The van der Waals surface area contributed by atoms with Crippen LogP contribution in [-0.4, -0.2) is 27.2 Å². The summed E-state index contributed by atoms with van der Waals surface area (Å²) in [5, 5.41) is 10.6. The summed E-state index contributed by atoms with van der Waals surface area (Å²) in [6.07, 6.45) is 4.72. The molecular formula is C15H15ClN4O. The van der Waals surface area contributed by atoms with Crippen LogP contribution in [0.1, 0.15) is 30.1 Å². The molecule has 2 bridgehead atoms. The van der Waals surface area contributed by atoms with Crippen molar-refractivity contribution in [3.8, 4) is 0 Å². The van der Waals surface area contributed by atoms with Crippen LogP contribution >= 0.6 is 11.6 Å². The fourth-order valence-electron chi connectivity index (χ4n) is 3.45. The van der Waals surface area contributed by atoms with Crippen molar-refractivity contribution in [1.29, 1.82) is 0 Å². The summed E-state index contributed by atoms with van der Waals surface area (Å²) < 4.78 is 0.